The maximum absolute atomic E-state index is 13.4. The summed E-state index contributed by atoms with van der Waals surface area (Å²) >= 11 is 25.0. The first-order valence-electron chi connectivity index (χ1n) is 16.2. The quantitative estimate of drug-likeness (QED) is 0.0683. The number of rotatable bonds is 13. The number of ether oxygens (including phenoxy) is 3. The second-order valence-corrected chi connectivity index (χ2v) is 13.8. The fraction of sp³-hybridized carbons (Fsp3) is 0.216. The van der Waals surface area contributed by atoms with Crippen molar-refractivity contribution in [2.75, 3.05) is 17.2 Å². The van der Waals surface area contributed by atoms with Gasteiger partial charge in [-0.1, -0.05) is 46.4 Å². The van der Waals surface area contributed by atoms with Crippen molar-refractivity contribution in [3.05, 3.63) is 114 Å². The minimum atomic E-state index is -4.73. The SMILES string of the molecule is CC(=O)Nc1cc(COc2c(Cl)cc(CC(=O)OC(=O)CNC(=O)c3cc(Cl)c(OCc4cc(NC(C)=O)cc(C(F)(F)F)c4)c(Cl)c3)cc2Cl)cc(C(F)(F)F)c1. The van der Waals surface area contributed by atoms with E-state index >= 15 is 0 Å². The molecule has 308 valence electrons. The number of carbonyl (C=O) groups is 5. The van der Waals surface area contributed by atoms with Crippen molar-refractivity contribution in [3.63, 3.8) is 0 Å². The molecule has 4 rings (SSSR count). The number of alkyl halides is 6. The van der Waals surface area contributed by atoms with Crippen LogP contribution in [0.5, 0.6) is 11.5 Å². The molecule has 21 heteroatoms. The van der Waals surface area contributed by atoms with Crippen LogP contribution in [0.1, 0.15) is 52.0 Å². The molecule has 0 aliphatic rings. The number of nitrogens with one attached hydrogen (secondary N) is 3. The van der Waals surface area contributed by atoms with Gasteiger partial charge < -0.3 is 30.2 Å². The Balaban J connectivity index is 1.32. The predicted octanol–water partition coefficient (Wildman–Crippen LogP) is 9.45. The first kappa shape index (κ1) is 45.5. The molecule has 0 fully saturated rings. The third-order valence-electron chi connectivity index (χ3n) is 7.34. The summed E-state index contributed by atoms with van der Waals surface area (Å²) in [6.45, 7) is 0.546. The van der Waals surface area contributed by atoms with E-state index in [9.17, 15) is 50.3 Å². The van der Waals surface area contributed by atoms with Gasteiger partial charge in [-0.05, 0) is 77.4 Å². The van der Waals surface area contributed by atoms with Gasteiger partial charge in [-0.3, -0.25) is 19.2 Å². The first-order chi connectivity index (χ1) is 27.0. The van der Waals surface area contributed by atoms with Crippen LogP contribution < -0.4 is 25.4 Å². The maximum atomic E-state index is 13.4. The summed E-state index contributed by atoms with van der Waals surface area (Å²) in [7, 11) is 0. The minimum Gasteiger partial charge on any atom is -0.486 e. The molecular weight excluding hydrogens is 870 g/mol. The Morgan fingerprint density at radius 2 is 0.983 bits per heavy atom. The summed E-state index contributed by atoms with van der Waals surface area (Å²) in [5, 5.41) is 6.06. The summed E-state index contributed by atoms with van der Waals surface area (Å²) in [5.74, 6) is -4.65. The lowest BCUT2D eigenvalue weighted by Gasteiger charge is -2.15. The topological polar surface area (TPSA) is 149 Å². The fourth-order valence-corrected chi connectivity index (χ4v) is 6.28. The fourth-order valence-electron chi connectivity index (χ4n) is 5.04. The Kier molecular flexibility index (Phi) is 14.9. The van der Waals surface area contributed by atoms with E-state index in [1.807, 2.05) is 0 Å². The zero-order valence-corrected chi connectivity index (χ0v) is 32.7. The lowest BCUT2D eigenvalue weighted by molar-refractivity contribution is -0.158. The lowest BCUT2D eigenvalue weighted by atomic mass is 10.1. The van der Waals surface area contributed by atoms with E-state index in [2.05, 4.69) is 16.0 Å². The largest absolute Gasteiger partial charge is 0.486 e. The van der Waals surface area contributed by atoms with Crippen LogP contribution in [0, 0.1) is 0 Å². The summed E-state index contributed by atoms with van der Waals surface area (Å²) in [4.78, 5) is 60.4. The molecule has 0 radical (unpaired) electrons. The molecule has 0 unspecified atom stereocenters. The van der Waals surface area contributed by atoms with E-state index in [1.165, 1.54) is 24.3 Å². The zero-order valence-electron chi connectivity index (χ0n) is 29.6. The van der Waals surface area contributed by atoms with Crippen molar-refractivity contribution in [2.24, 2.45) is 0 Å². The van der Waals surface area contributed by atoms with Crippen LogP contribution in [0.2, 0.25) is 20.1 Å². The van der Waals surface area contributed by atoms with Crippen molar-refractivity contribution in [1.29, 1.82) is 0 Å². The van der Waals surface area contributed by atoms with Gasteiger partial charge in [0.25, 0.3) is 5.91 Å². The van der Waals surface area contributed by atoms with E-state index in [0.29, 0.717) is 0 Å². The van der Waals surface area contributed by atoms with E-state index < -0.39 is 79.3 Å². The zero-order chi connectivity index (χ0) is 43.1. The van der Waals surface area contributed by atoms with Crippen LogP contribution in [0.15, 0.2) is 60.7 Å². The van der Waals surface area contributed by atoms with Gasteiger partial charge in [0.2, 0.25) is 11.8 Å². The van der Waals surface area contributed by atoms with E-state index in [1.54, 1.807) is 0 Å². The predicted molar refractivity (Wildman–Crippen MR) is 200 cm³/mol. The third-order valence-corrected chi connectivity index (χ3v) is 8.46. The van der Waals surface area contributed by atoms with Crippen molar-refractivity contribution in [1.82, 2.24) is 5.32 Å². The summed E-state index contributed by atoms with van der Waals surface area (Å²) < 4.78 is 96.2. The smallest absolute Gasteiger partial charge is 0.416 e. The Morgan fingerprint density at radius 3 is 1.38 bits per heavy atom. The van der Waals surface area contributed by atoms with Gasteiger partial charge in [0.1, 0.15) is 19.8 Å². The molecule has 0 aromatic heterocycles. The molecule has 0 bridgehead atoms. The van der Waals surface area contributed by atoms with Crippen molar-refractivity contribution in [3.8, 4) is 11.5 Å². The second-order valence-electron chi connectivity index (χ2n) is 12.1. The molecule has 0 saturated heterocycles. The molecule has 11 nitrogen and oxygen atoms in total. The van der Waals surface area contributed by atoms with Gasteiger partial charge >= 0.3 is 24.3 Å². The molecule has 0 aliphatic carbocycles. The second kappa shape index (κ2) is 19.0. The number of esters is 2. The third kappa shape index (κ3) is 13.2. The molecule has 3 amide bonds. The number of hydrogen-bond acceptors (Lipinski definition) is 8. The molecule has 4 aromatic carbocycles. The normalized spacial score (nSPS) is 11.4. The van der Waals surface area contributed by atoms with Gasteiger partial charge in [0.05, 0.1) is 37.6 Å². The number of carbonyl (C=O) groups excluding carboxylic acids is 5. The summed E-state index contributed by atoms with van der Waals surface area (Å²) in [6, 6.07) is 10.3. The average Bonchev–Trinajstić information content (AvgIpc) is 3.08. The van der Waals surface area contributed by atoms with E-state index in [4.69, 9.17) is 60.6 Å². The van der Waals surface area contributed by atoms with Crippen LogP contribution in [0.4, 0.5) is 37.7 Å². The Bertz CT molecular complexity index is 2220. The van der Waals surface area contributed by atoms with Gasteiger partial charge in [0, 0.05) is 30.8 Å². The molecule has 0 saturated carbocycles. The molecule has 0 heterocycles. The Labute approximate surface area is 344 Å². The monoisotopic (exact) mass is 895 g/mol. The highest BCUT2D eigenvalue weighted by Gasteiger charge is 2.32. The average molecular weight is 897 g/mol. The maximum Gasteiger partial charge on any atom is 0.416 e. The Hall–Kier alpha value is -5.23. The summed E-state index contributed by atoms with van der Waals surface area (Å²) in [5.41, 5.74) is -2.31. The highest BCUT2D eigenvalue weighted by Crippen LogP contribution is 2.38. The molecule has 4 aromatic rings. The van der Waals surface area contributed by atoms with Crippen molar-refractivity contribution >= 4 is 87.4 Å². The van der Waals surface area contributed by atoms with Crippen LogP contribution in [-0.2, 0) is 55.9 Å². The standard InChI is InChI=1S/C37H27Cl4F6N3O8/c1-17(51)49-25-5-20(3-23(12-25)36(42,43)44)15-56-33-27(38)7-19(8-28(33)39)9-31(53)58-32(54)14-48-35(55)22-10-29(40)34(30(41)11-22)57-16-21-4-24(37(45,46)47)13-26(6-21)50-18(2)52/h3-8,10-13H,9,14-16H2,1-2H3,(H,48,55)(H,49,51)(H,50,52). The first-order valence-corrected chi connectivity index (χ1v) is 17.7. The number of benzene rings is 4. The van der Waals surface area contributed by atoms with Crippen LogP contribution in [0.3, 0.4) is 0 Å². The lowest BCUT2D eigenvalue weighted by Crippen LogP contribution is -2.32. The van der Waals surface area contributed by atoms with Crippen LogP contribution >= 0.6 is 46.4 Å². The van der Waals surface area contributed by atoms with Crippen LogP contribution in [-0.4, -0.2) is 36.2 Å². The molecule has 3 N–H and O–H groups in total. The van der Waals surface area contributed by atoms with Gasteiger partial charge in [-0.15, -0.1) is 0 Å². The number of hydrogen-bond donors (Lipinski definition) is 3. The molecule has 0 atom stereocenters. The molecule has 58 heavy (non-hydrogen) atoms. The Morgan fingerprint density at radius 1 is 0.569 bits per heavy atom. The van der Waals surface area contributed by atoms with Crippen LogP contribution in [0.25, 0.3) is 0 Å². The van der Waals surface area contributed by atoms with Gasteiger partial charge in [0.15, 0.2) is 11.5 Å². The minimum absolute atomic E-state index is 0.00495. The number of anilines is 2. The highest BCUT2D eigenvalue weighted by molar-refractivity contribution is 6.38. The van der Waals surface area contributed by atoms with Crippen molar-refractivity contribution < 1.29 is 64.5 Å². The van der Waals surface area contributed by atoms with E-state index in [-0.39, 0.29) is 65.2 Å². The van der Waals surface area contributed by atoms with Crippen molar-refractivity contribution in [2.45, 2.75) is 45.8 Å². The van der Waals surface area contributed by atoms with E-state index in [0.717, 1.165) is 50.2 Å². The van der Waals surface area contributed by atoms with Gasteiger partial charge in [-0.2, -0.15) is 26.3 Å². The molecule has 0 spiro atoms. The molecule has 0 aliphatic heterocycles. The highest BCUT2D eigenvalue weighted by atomic mass is 35.5. The number of amides is 3. The van der Waals surface area contributed by atoms with Gasteiger partial charge in [-0.25, -0.2) is 4.79 Å². The summed E-state index contributed by atoms with van der Waals surface area (Å²) in [6.07, 6.45) is -9.98. The molecular formula is C37H27Cl4F6N3O8. The number of halogens is 10.